The number of nitro groups is 1. The SMILES string of the molecule is C=CCOC(=O)C1=C(C)N(Cc2cccc([N+](=O)[O-])c2)C(=O)CC1c1cc(OC)ccc1OC. The Kier molecular flexibility index (Phi) is 7.68. The summed E-state index contributed by atoms with van der Waals surface area (Å²) in [6.45, 7) is 5.33. The van der Waals surface area contributed by atoms with Gasteiger partial charge in [0.15, 0.2) is 0 Å². The molecule has 3 rings (SSSR count). The van der Waals surface area contributed by atoms with E-state index in [4.69, 9.17) is 14.2 Å². The summed E-state index contributed by atoms with van der Waals surface area (Å²) in [6.07, 6.45) is 1.44. The van der Waals surface area contributed by atoms with Crippen LogP contribution in [0.1, 0.15) is 30.4 Å². The maximum atomic E-state index is 13.3. The van der Waals surface area contributed by atoms with Crippen molar-refractivity contribution in [2.24, 2.45) is 0 Å². The van der Waals surface area contributed by atoms with Crippen LogP contribution in [0, 0.1) is 10.1 Å². The lowest BCUT2D eigenvalue weighted by Gasteiger charge is -2.35. The Hall–Kier alpha value is -4.14. The minimum absolute atomic E-state index is 0.0103. The van der Waals surface area contributed by atoms with Crippen LogP contribution in [0.25, 0.3) is 0 Å². The van der Waals surface area contributed by atoms with Crippen LogP contribution in [0.2, 0.25) is 0 Å². The molecule has 1 aliphatic rings. The Morgan fingerprint density at radius 1 is 1.24 bits per heavy atom. The fourth-order valence-electron chi connectivity index (χ4n) is 4.01. The zero-order valence-electron chi connectivity index (χ0n) is 19.3. The number of nitro benzene ring substituents is 1. The summed E-state index contributed by atoms with van der Waals surface area (Å²) in [7, 11) is 3.04. The van der Waals surface area contributed by atoms with Crippen molar-refractivity contribution < 1.29 is 28.7 Å². The average molecular weight is 466 g/mol. The molecule has 1 heterocycles. The lowest BCUT2D eigenvalue weighted by atomic mass is 9.83. The molecule has 0 saturated heterocycles. The van der Waals surface area contributed by atoms with Gasteiger partial charge in [-0.25, -0.2) is 4.79 Å². The summed E-state index contributed by atoms with van der Waals surface area (Å²) < 4.78 is 16.2. The second-order valence-electron chi connectivity index (χ2n) is 7.66. The highest BCUT2D eigenvalue weighted by atomic mass is 16.6. The van der Waals surface area contributed by atoms with Crippen molar-refractivity contribution in [3.05, 3.63) is 87.6 Å². The first kappa shape index (κ1) is 24.5. The smallest absolute Gasteiger partial charge is 0.336 e. The molecule has 178 valence electrons. The molecule has 0 aliphatic carbocycles. The van der Waals surface area contributed by atoms with Crippen molar-refractivity contribution in [3.8, 4) is 11.5 Å². The molecule has 0 aromatic heterocycles. The molecular formula is C25H26N2O7. The number of ether oxygens (including phenoxy) is 3. The zero-order valence-corrected chi connectivity index (χ0v) is 19.3. The quantitative estimate of drug-likeness (QED) is 0.237. The molecular weight excluding hydrogens is 440 g/mol. The summed E-state index contributed by atoms with van der Waals surface area (Å²) in [6, 6.07) is 11.2. The molecule has 2 aromatic rings. The highest BCUT2D eigenvalue weighted by molar-refractivity contribution is 5.96. The number of methoxy groups -OCH3 is 2. The Balaban J connectivity index is 2.10. The molecule has 0 radical (unpaired) electrons. The van der Waals surface area contributed by atoms with Gasteiger partial charge in [0.05, 0.1) is 31.3 Å². The number of hydrogen-bond acceptors (Lipinski definition) is 7. The van der Waals surface area contributed by atoms with Crippen LogP contribution in [-0.2, 0) is 20.9 Å². The highest BCUT2D eigenvalue weighted by Gasteiger charge is 2.38. The summed E-state index contributed by atoms with van der Waals surface area (Å²) in [5, 5.41) is 11.2. The van der Waals surface area contributed by atoms with Gasteiger partial charge in [-0.1, -0.05) is 24.8 Å². The van der Waals surface area contributed by atoms with Gasteiger partial charge in [0.2, 0.25) is 5.91 Å². The first-order valence-corrected chi connectivity index (χ1v) is 10.5. The molecule has 1 unspecified atom stereocenters. The summed E-state index contributed by atoms with van der Waals surface area (Å²) in [5.74, 6) is -0.384. The largest absolute Gasteiger partial charge is 0.497 e. The number of benzene rings is 2. The fourth-order valence-corrected chi connectivity index (χ4v) is 4.01. The van der Waals surface area contributed by atoms with Crippen LogP contribution >= 0.6 is 0 Å². The number of carbonyl (C=O) groups is 2. The second-order valence-corrected chi connectivity index (χ2v) is 7.66. The second kappa shape index (κ2) is 10.7. The van der Waals surface area contributed by atoms with E-state index in [2.05, 4.69) is 6.58 Å². The lowest BCUT2D eigenvalue weighted by molar-refractivity contribution is -0.384. The van der Waals surface area contributed by atoms with Crippen LogP contribution in [-0.4, -0.2) is 42.5 Å². The Morgan fingerprint density at radius 2 is 2.00 bits per heavy atom. The van der Waals surface area contributed by atoms with Gasteiger partial charge >= 0.3 is 5.97 Å². The number of nitrogens with zero attached hydrogens (tertiary/aromatic N) is 2. The Bertz CT molecular complexity index is 1160. The highest BCUT2D eigenvalue weighted by Crippen LogP contribution is 2.42. The summed E-state index contributed by atoms with van der Waals surface area (Å²) in [5.41, 5.74) is 1.83. The van der Waals surface area contributed by atoms with Crippen LogP contribution in [0.5, 0.6) is 11.5 Å². The molecule has 1 aliphatic heterocycles. The number of amides is 1. The van der Waals surface area contributed by atoms with Gasteiger partial charge in [0, 0.05) is 35.7 Å². The standard InChI is InChI=1S/C25H26N2O7/c1-5-11-34-25(29)24-16(2)26(15-17-7-6-8-18(12-17)27(30)31)23(28)14-21(24)20-13-19(32-3)9-10-22(20)33-4/h5-10,12-13,21H,1,11,14-15H2,2-4H3. The third kappa shape index (κ3) is 5.09. The van der Waals surface area contributed by atoms with E-state index in [1.165, 1.54) is 37.3 Å². The van der Waals surface area contributed by atoms with E-state index in [1.807, 2.05) is 0 Å². The van der Waals surface area contributed by atoms with Crippen LogP contribution < -0.4 is 9.47 Å². The minimum atomic E-state index is -0.628. The van der Waals surface area contributed by atoms with Crippen molar-refractivity contribution in [3.63, 3.8) is 0 Å². The van der Waals surface area contributed by atoms with Gasteiger partial charge in [-0.3, -0.25) is 14.9 Å². The summed E-state index contributed by atoms with van der Waals surface area (Å²) in [4.78, 5) is 38.5. The van der Waals surface area contributed by atoms with Gasteiger partial charge in [-0.15, -0.1) is 0 Å². The van der Waals surface area contributed by atoms with E-state index in [-0.39, 0.29) is 31.2 Å². The van der Waals surface area contributed by atoms with E-state index >= 15 is 0 Å². The van der Waals surface area contributed by atoms with E-state index in [0.717, 1.165) is 0 Å². The van der Waals surface area contributed by atoms with Crippen molar-refractivity contribution in [2.45, 2.75) is 25.8 Å². The number of hydrogen-bond donors (Lipinski definition) is 0. The van der Waals surface area contributed by atoms with E-state index < -0.39 is 16.8 Å². The molecule has 0 spiro atoms. The van der Waals surface area contributed by atoms with Gasteiger partial charge < -0.3 is 19.1 Å². The van der Waals surface area contributed by atoms with E-state index in [1.54, 1.807) is 37.3 Å². The molecule has 0 bridgehead atoms. The fraction of sp³-hybridized carbons (Fsp3) is 0.280. The molecule has 1 atom stereocenters. The Morgan fingerprint density at radius 3 is 2.65 bits per heavy atom. The maximum Gasteiger partial charge on any atom is 0.336 e. The third-order valence-electron chi connectivity index (χ3n) is 5.65. The van der Waals surface area contributed by atoms with Crippen LogP contribution in [0.15, 0.2) is 66.4 Å². The minimum Gasteiger partial charge on any atom is -0.497 e. The van der Waals surface area contributed by atoms with Crippen LogP contribution in [0.3, 0.4) is 0 Å². The topological polar surface area (TPSA) is 108 Å². The number of allylic oxidation sites excluding steroid dienone is 1. The lowest BCUT2D eigenvalue weighted by Crippen LogP contribution is -2.38. The molecule has 1 amide bonds. The maximum absolute atomic E-state index is 13.3. The monoisotopic (exact) mass is 466 g/mol. The van der Waals surface area contributed by atoms with Gasteiger partial charge in [0.1, 0.15) is 18.1 Å². The van der Waals surface area contributed by atoms with E-state index in [0.29, 0.717) is 33.9 Å². The van der Waals surface area contributed by atoms with E-state index in [9.17, 15) is 19.7 Å². The van der Waals surface area contributed by atoms with Crippen molar-refractivity contribution >= 4 is 17.6 Å². The first-order valence-electron chi connectivity index (χ1n) is 10.5. The van der Waals surface area contributed by atoms with Gasteiger partial charge in [-0.05, 0) is 30.7 Å². The predicted octanol–water partition coefficient (Wildman–Crippen LogP) is 4.13. The number of carbonyl (C=O) groups excluding carboxylic acids is 2. The van der Waals surface area contributed by atoms with Crippen molar-refractivity contribution in [2.75, 3.05) is 20.8 Å². The molecule has 0 N–H and O–H groups in total. The number of esters is 1. The van der Waals surface area contributed by atoms with Crippen molar-refractivity contribution in [1.82, 2.24) is 4.90 Å². The molecule has 9 heteroatoms. The van der Waals surface area contributed by atoms with Gasteiger partial charge in [-0.2, -0.15) is 0 Å². The Labute approximate surface area is 197 Å². The first-order chi connectivity index (χ1) is 16.3. The molecule has 0 fully saturated rings. The van der Waals surface area contributed by atoms with Crippen LogP contribution in [0.4, 0.5) is 5.69 Å². The normalized spacial score (nSPS) is 15.7. The number of rotatable bonds is 9. The average Bonchev–Trinajstić information content (AvgIpc) is 2.84. The predicted molar refractivity (Wildman–Crippen MR) is 124 cm³/mol. The molecule has 9 nitrogen and oxygen atoms in total. The molecule has 34 heavy (non-hydrogen) atoms. The third-order valence-corrected chi connectivity index (χ3v) is 5.65. The zero-order chi connectivity index (χ0) is 24.8. The van der Waals surface area contributed by atoms with Crippen molar-refractivity contribution in [1.29, 1.82) is 0 Å². The number of non-ortho nitro benzene ring substituents is 1. The summed E-state index contributed by atoms with van der Waals surface area (Å²) >= 11 is 0. The molecule has 2 aromatic carbocycles. The molecule has 0 saturated carbocycles. The van der Waals surface area contributed by atoms with Gasteiger partial charge in [0.25, 0.3) is 5.69 Å².